The minimum Gasteiger partial charge on any atom is -0.494 e. The van der Waals surface area contributed by atoms with E-state index in [4.69, 9.17) is 4.74 Å². The Labute approximate surface area is 154 Å². The Hall–Kier alpha value is -1.67. The van der Waals surface area contributed by atoms with Gasteiger partial charge in [0.05, 0.1) is 12.4 Å². The zero-order valence-electron chi connectivity index (χ0n) is 15.1. The molecule has 0 spiro atoms. The summed E-state index contributed by atoms with van der Waals surface area (Å²) in [5.41, 5.74) is 0. The third kappa shape index (κ3) is 5.95. The summed E-state index contributed by atoms with van der Waals surface area (Å²) >= 11 is 0. The molecule has 1 atom stereocenters. The van der Waals surface area contributed by atoms with Gasteiger partial charge in [0.1, 0.15) is 17.6 Å². The van der Waals surface area contributed by atoms with Crippen molar-refractivity contribution in [3.8, 4) is 5.75 Å². The summed E-state index contributed by atoms with van der Waals surface area (Å²) in [7, 11) is -3.35. The highest BCUT2D eigenvalue weighted by Crippen LogP contribution is 2.22. The van der Waals surface area contributed by atoms with Crippen molar-refractivity contribution in [3.63, 3.8) is 0 Å². The van der Waals surface area contributed by atoms with Crippen LogP contribution in [0, 0.1) is 5.82 Å². The van der Waals surface area contributed by atoms with Gasteiger partial charge < -0.3 is 10.1 Å². The molecule has 1 aromatic carbocycles. The number of nitrogens with one attached hydrogen (secondary N) is 1. The van der Waals surface area contributed by atoms with E-state index in [-0.39, 0.29) is 17.5 Å². The molecule has 1 amide bonds. The fraction of sp³-hybridized carbons (Fsp3) is 0.611. The zero-order valence-corrected chi connectivity index (χ0v) is 15.9. The third-order valence-electron chi connectivity index (χ3n) is 4.28. The zero-order chi connectivity index (χ0) is 19.0. The molecule has 1 saturated heterocycles. The van der Waals surface area contributed by atoms with E-state index in [1.807, 2.05) is 6.92 Å². The first-order valence-corrected chi connectivity index (χ1v) is 10.7. The molecule has 6 nitrogen and oxygen atoms in total. The lowest BCUT2D eigenvalue weighted by atomic mass is 10.2. The van der Waals surface area contributed by atoms with Gasteiger partial charge in [0, 0.05) is 13.1 Å². The molecule has 0 bridgehead atoms. The molecule has 26 heavy (non-hydrogen) atoms. The molecule has 1 aliphatic rings. The van der Waals surface area contributed by atoms with Crippen molar-refractivity contribution < 1.29 is 22.3 Å². The van der Waals surface area contributed by atoms with E-state index in [2.05, 4.69) is 5.32 Å². The smallest absolute Gasteiger partial charge is 0.238 e. The van der Waals surface area contributed by atoms with E-state index >= 15 is 0 Å². The summed E-state index contributed by atoms with van der Waals surface area (Å²) in [6.07, 6.45) is 3.29. The number of halogens is 1. The number of hydrogen-bond donors (Lipinski definition) is 1. The normalized spacial score (nSPS) is 18.0. The van der Waals surface area contributed by atoms with Crippen LogP contribution in [0.15, 0.2) is 24.3 Å². The molecule has 0 aromatic heterocycles. The van der Waals surface area contributed by atoms with Gasteiger partial charge in [-0.15, -0.1) is 0 Å². The molecule has 1 unspecified atom stereocenters. The number of amides is 1. The fourth-order valence-electron chi connectivity index (χ4n) is 2.99. The second kappa shape index (κ2) is 9.87. The molecule has 1 N–H and O–H groups in total. The lowest BCUT2D eigenvalue weighted by Gasteiger charge is -2.23. The molecule has 2 rings (SSSR count). The van der Waals surface area contributed by atoms with Gasteiger partial charge >= 0.3 is 0 Å². The van der Waals surface area contributed by atoms with Gasteiger partial charge in [-0.05, 0) is 56.4 Å². The van der Waals surface area contributed by atoms with Crippen molar-refractivity contribution in [2.75, 3.05) is 25.4 Å². The summed E-state index contributed by atoms with van der Waals surface area (Å²) < 4.78 is 44.1. The van der Waals surface area contributed by atoms with E-state index in [9.17, 15) is 17.6 Å². The van der Waals surface area contributed by atoms with Gasteiger partial charge in [-0.25, -0.2) is 12.8 Å². The molecule has 1 aromatic rings. The van der Waals surface area contributed by atoms with Gasteiger partial charge in [0.15, 0.2) is 0 Å². The monoisotopic (exact) mass is 386 g/mol. The first-order valence-electron chi connectivity index (χ1n) is 9.09. The van der Waals surface area contributed by atoms with Gasteiger partial charge in [-0.1, -0.05) is 6.92 Å². The van der Waals surface area contributed by atoms with Crippen LogP contribution in [0.2, 0.25) is 0 Å². The van der Waals surface area contributed by atoms with E-state index in [1.54, 1.807) is 12.1 Å². The SMILES string of the molecule is CCCS(=O)(=O)N1CCCC1C(=O)NCCCCOc1ccc(F)cc1. The Balaban J connectivity index is 1.67. The fourth-order valence-corrected chi connectivity index (χ4v) is 4.73. The van der Waals surface area contributed by atoms with Crippen LogP contribution in [0.1, 0.15) is 39.0 Å². The minimum absolute atomic E-state index is 0.0809. The predicted octanol–water partition coefficient (Wildman–Crippen LogP) is 2.31. The molecule has 0 saturated carbocycles. The number of sulfonamides is 1. The maximum absolute atomic E-state index is 12.8. The van der Waals surface area contributed by atoms with Crippen LogP contribution in [-0.4, -0.2) is 50.1 Å². The molecule has 1 aliphatic heterocycles. The molecule has 0 aliphatic carbocycles. The molecule has 1 heterocycles. The largest absolute Gasteiger partial charge is 0.494 e. The number of nitrogens with zero attached hydrogens (tertiary/aromatic N) is 1. The predicted molar refractivity (Wildman–Crippen MR) is 97.9 cm³/mol. The Morgan fingerprint density at radius 3 is 2.73 bits per heavy atom. The number of carbonyl (C=O) groups excluding carboxylic acids is 1. The average Bonchev–Trinajstić information content (AvgIpc) is 3.10. The first kappa shape index (κ1) is 20.6. The van der Waals surface area contributed by atoms with Crippen LogP contribution >= 0.6 is 0 Å². The van der Waals surface area contributed by atoms with Crippen LogP contribution in [0.25, 0.3) is 0 Å². The van der Waals surface area contributed by atoms with Crippen molar-refractivity contribution >= 4 is 15.9 Å². The van der Waals surface area contributed by atoms with Crippen molar-refractivity contribution in [2.45, 2.75) is 45.1 Å². The lowest BCUT2D eigenvalue weighted by molar-refractivity contribution is -0.124. The Morgan fingerprint density at radius 2 is 2.04 bits per heavy atom. The lowest BCUT2D eigenvalue weighted by Crippen LogP contribution is -2.46. The van der Waals surface area contributed by atoms with Crippen molar-refractivity contribution in [2.24, 2.45) is 0 Å². The van der Waals surface area contributed by atoms with Crippen LogP contribution in [0.5, 0.6) is 5.75 Å². The highest BCUT2D eigenvalue weighted by atomic mass is 32.2. The van der Waals surface area contributed by atoms with Gasteiger partial charge in [0.25, 0.3) is 0 Å². The second-order valence-electron chi connectivity index (χ2n) is 6.39. The first-order chi connectivity index (χ1) is 12.4. The number of hydrogen-bond acceptors (Lipinski definition) is 4. The standard InChI is InChI=1S/C18H27FN2O4S/c1-2-14-26(23,24)21-12-5-6-17(21)18(22)20-11-3-4-13-25-16-9-7-15(19)8-10-16/h7-10,17H,2-6,11-14H2,1H3,(H,20,22). The minimum atomic E-state index is -3.35. The summed E-state index contributed by atoms with van der Waals surface area (Å²) in [6, 6.07) is 5.25. The van der Waals surface area contributed by atoms with Gasteiger partial charge in [-0.2, -0.15) is 4.31 Å². The number of rotatable bonds is 10. The summed E-state index contributed by atoms with van der Waals surface area (Å²) in [5, 5.41) is 2.82. The van der Waals surface area contributed by atoms with Crippen LogP contribution in [-0.2, 0) is 14.8 Å². The van der Waals surface area contributed by atoms with Crippen LogP contribution < -0.4 is 10.1 Å². The van der Waals surface area contributed by atoms with E-state index < -0.39 is 16.1 Å². The summed E-state index contributed by atoms with van der Waals surface area (Å²) in [4.78, 5) is 12.3. The Bertz CT molecular complexity index is 679. The van der Waals surface area contributed by atoms with Crippen molar-refractivity contribution in [1.82, 2.24) is 9.62 Å². The van der Waals surface area contributed by atoms with E-state index in [0.717, 1.165) is 12.8 Å². The molecule has 146 valence electrons. The molecular weight excluding hydrogens is 359 g/mol. The maximum atomic E-state index is 12.8. The van der Waals surface area contributed by atoms with Gasteiger partial charge in [-0.3, -0.25) is 4.79 Å². The summed E-state index contributed by atoms with van der Waals surface area (Å²) in [6.45, 7) is 3.19. The molecule has 0 radical (unpaired) electrons. The quantitative estimate of drug-likeness (QED) is 0.626. The van der Waals surface area contributed by atoms with Crippen molar-refractivity contribution in [3.05, 3.63) is 30.1 Å². The molecule has 1 fully saturated rings. The number of unbranched alkanes of at least 4 members (excludes halogenated alkanes) is 1. The molecule has 8 heteroatoms. The highest BCUT2D eigenvalue weighted by Gasteiger charge is 2.37. The summed E-state index contributed by atoms with van der Waals surface area (Å²) in [5.74, 6) is 0.166. The number of carbonyl (C=O) groups is 1. The van der Waals surface area contributed by atoms with E-state index in [0.29, 0.717) is 44.7 Å². The maximum Gasteiger partial charge on any atom is 0.238 e. The Kier molecular flexibility index (Phi) is 7.84. The highest BCUT2D eigenvalue weighted by molar-refractivity contribution is 7.89. The Morgan fingerprint density at radius 1 is 1.31 bits per heavy atom. The number of benzene rings is 1. The average molecular weight is 386 g/mol. The van der Waals surface area contributed by atoms with Crippen LogP contribution in [0.3, 0.4) is 0 Å². The second-order valence-corrected chi connectivity index (χ2v) is 8.43. The number of ether oxygens (including phenoxy) is 1. The van der Waals surface area contributed by atoms with Gasteiger partial charge in [0.2, 0.25) is 15.9 Å². The third-order valence-corrected chi connectivity index (χ3v) is 6.35. The van der Waals surface area contributed by atoms with E-state index in [1.165, 1.54) is 16.4 Å². The molecular formula is C18H27FN2O4S. The van der Waals surface area contributed by atoms with Crippen molar-refractivity contribution in [1.29, 1.82) is 0 Å². The van der Waals surface area contributed by atoms with Crippen LogP contribution in [0.4, 0.5) is 4.39 Å². The topological polar surface area (TPSA) is 75.7 Å².